The second kappa shape index (κ2) is 7.13. The molecule has 26 heavy (non-hydrogen) atoms. The minimum atomic E-state index is -0.263. The molecule has 1 aromatic heterocycles. The van der Waals surface area contributed by atoms with Gasteiger partial charge in [0.2, 0.25) is 5.91 Å². The van der Waals surface area contributed by atoms with Crippen molar-refractivity contribution in [3.63, 3.8) is 0 Å². The van der Waals surface area contributed by atoms with Crippen molar-refractivity contribution in [1.29, 1.82) is 0 Å². The van der Waals surface area contributed by atoms with E-state index in [2.05, 4.69) is 10.3 Å². The van der Waals surface area contributed by atoms with Crippen molar-refractivity contribution in [2.45, 2.75) is 37.8 Å². The minimum absolute atomic E-state index is 0.0370. The van der Waals surface area contributed by atoms with Gasteiger partial charge < -0.3 is 19.6 Å². The van der Waals surface area contributed by atoms with E-state index >= 15 is 0 Å². The number of rotatable bonds is 4. The minimum Gasteiger partial charge on any atom is -0.379 e. The van der Waals surface area contributed by atoms with Crippen LogP contribution in [0.1, 0.15) is 29.3 Å². The molecule has 1 fully saturated rings. The summed E-state index contributed by atoms with van der Waals surface area (Å²) in [5.74, 6) is -0.358. The maximum atomic E-state index is 14.2. The predicted octanol–water partition coefficient (Wildman–Crippen LogP) is 3.13. The smallest absolute Gasteiger partial charge is 0.226 e. The van der Waals surface area contributed by atoms with Crippen LogP contribution in [0.2, 0.25) is 5.02 Å². The maximum Gasteiger partial charge on any atom is 0.226 e. The topological polar surface area (TPSA) is 59.0 Å². The Hall–Kier alpha value is -1.70. The Kier molecular flexibility index (Phi) is 4.86. The monoisotopic (exact) mass is 395 g/mol. The largest absolute Gasteiger partial charge is 0.379 e. The number of carbonyl (C=O) groups is 1. The molecule has 5 nitrogen and oxygen atoms in total. The summed E-state index contributed by atoms with van der Waals surface area (Å²) >= 11 is 11.4. The summed E-state index contributed by atoms with van der Waals surface area (Å²) in [6, 6.07) is 4.69. The molecular weight excluding hydrogens is 377 g/mol. The van der Waals surface area contributed by atoms with Gasteiger partial charge >= 0.3 is 0 Å². The molecule has 0 radical (unpaired) electrons. The Morgan fingerprint density at radius 1 is 1.50 bits per heavy atom. The van der Waals surface area contributed by atoms with E-state index in [4.69, 9.17) is 28.6 Å². The van der Waals surface area contributed by atoms with Gasteiger partial charge in [0.25, 0.3) is 0 Å². The summed E-state index contributed by atoms with van der Waals surface area (Å²) in [5.41, 5.74) is 2.36. The lowest BCUT2D eigenvalue weighted by molar-refractivity contribution is -0.121. The van der Waals surface area contributed by atoms with Gasteiger partial charge in [-0.25, -0.2) is 4.39 Å². The first kappa shape index (κ1) is 17.7. The number of nitrogens with zero attached hydrogens (tertiary/aromatic N) is 1. The highest BCUT2D eigenvalue weighted by Gasteiger charge is 2.29. The van der Waals surface area contributed by atoms with E-state index in [1.807, 2.05) is 4.57 Å². The highest BCUT2D eigenvalue weighted by molar-refractivity contribution is 7.71. The van der Waals surface area contributed by atoms with Crippen LogP contribution in [-0.4, -0.2) is 34.7 Å². The van der Waals surface area contributed by atoms with Crippen molar-refractivity contribution in [3.8, 4) is 0 Å². The van der Waals surface area contributed by atoms with Crippen LogP contribution in [0, 0.1) is 10.6 Å². The second-order valence-electron chi connectivity index (χ2n) is 6.84. The zero-order valence-electron chi connectivity index (χ0n) is 14.1. The Morgan fingerprint density at radius 3 is 3.12 bits per heavy atom. The molecule has 2 aliphatic heterocycles. The molecule has 2 unspecified atom stereocenters. The van der Waals surface area contributed by atoms with Crippen LogP contribution in [0.3, 0.4) is 0 Å². The van der Waals surface area contributed by atoms with Gasteiger partial charge in [-0.1, -0.05) is 11.6 Å². The lowest BCUT2D eigenvalue weighted by atomic mass is 9.95. The number of halogens is 2. The van der Waals surface area contributed by atoms with Crippen LogP contribution in [0.25, 0.3) is 0 Å². The van der Waals surface area contributed by atoms with Gasteiger partial charge in [-0.2, -0.15) is 0 Å². The molecule has 1 amide bonds. The van der Waals surface area contributed by atoms with Gasteiger partial charge in [0, 0.05) is 35.5 Å². The van der Waals surface area contributed by atoms with E-state index in [1.54, 1.807) is 12.1 Å². The summed E-state index contributed by atoms with van der Waals surface area (Å²) in [6.45, 7) is 1.83. The summed E-state index contributed by atoms with van der Waals surface area (Å²) in [7, 11) is 0. The first-order valence-corrected chi connectivity index (χ1v) is 9.42. The number of amides is 1. The van der Waals surface area contributed by atoms with Gasteiger partial charge in [-0.3, -0.25) is 4.79 Å². The van der Waals surface area contributed by atoms with Gasteiger partial charge in [0.15, 0.2) is 4.77 Å². The average Bonchev–Trinajstić information content (AvgIpc) is 3.30. The molecule has 0 bridgehead atoms. The zero-order chi connectivity index (χ0) is 18.3. The van der Waals surface area contributed by atoms with Crippen LogP contribution in [-0.2, 0) is 28.9 Å². The third kappa shape index (κ3) is 3.43. The quantitative estimate of drug-likeness (QED) is 0.782. The number of hydrogen-bond acceptors (Lipinski definition) is 3. The van der Waals surface area contributed by atoms with Crippen LogP contribution in [0.5, 0.6) is 0 Å². The van der Waals surface area contributed by atoms with Crippen molar-refractivity contribution in [2.75, 3.05) is 13.2 Å². The van der Waals surface area contributed by atoms with Gasteiger partial charge in [0.1, 0.15) is 5.82 Å². The standard InChI is InChI=1S/C18H19ClFN3O2S/c19-11-1-2-14(20)13(6-11)10-5-16-15(22-18(26)23(16)8-10)7-17(24)21-12-3-4-25-9-12/h1-2,6,10,12H,3-5,7-9H2,(H,21,24)(H,22,26). The number of aromatic amines is 1. The lowest BCUT2D eigenvalue weighted by Crippen LogP contribution is -2.36. The number of carbonyl (C=O) groups excluding carboxylic acids is 1. The molecule has 1 saturated heterocycles. The molecule has 2 N–H and O–H groups in total. The lowest BCUT2D eigenvalue weighted by Gasteiger charge is -2.12. The van der Waals surface area contributed by atoms with E-state index < -0.39 is 0 Å². The first-order chi connectivity index (χ1) is 12.5. The third-order valence-electron chi connectivity index (χ3n) is 5.05. The van der Waals surface area contributed by atoms with Crippen LogP contribution < -0.4 is 5.32 Å². The number of fused-ring (bicyclic) bond motifs is 1. The number of aromatic nitrogens is 2. The molecular formula is C18H19ClFN3O2S. The number of imidazole rings is 1. The van der Waals surface area contributed by atoms with Gasteiger partial charge in [-0.15, -0.1) is 0 Å². The number of hydrogen-bond donors (Lipinski definition) is 2. The molecule has 2 atom stereocenters. The number of benzene rings is 1. The number of nitrogens with one attached hydrogen (secondary N) is 2. The molecule has 0 spiro atoms. The Labute approximate surface area is 160 Å². The van der Waals surface area contributed by atoms with Crippen LogP contribution in [0.4, 0.5) is 4.39 Å². The van der Waals surface area contributed by atoms with Gasteiger partial charge in [0.05, 0.1) is 19.1 Å². The van der Waals surface area contributed by atoms with Crippen molar-refractivity contribution >= 4 is 29.7 Å². The second-order valence-corrected chi connectivity index (χ2v) is 7.66. The molecule has 3 heterocycles. The van der Waals surface area contributed by atoms with Crippen LogP contribution >= 0.6 is 23.8 Å². The summed E-state index contributed by atoms with van der Waals surface area (Å²) in [6.07, 6.45) is 1.69. The van der Waals surface area contributed by atoms with E-state index in [1.165, 1.54) is 6.07 Å². The molecule has 2 aromatic rings. The fourth-order valence-corrected chi connectivity index (χ4v) is 4.26. The van der Waals surface area contributed by atoms with Crippen LogP contribution in [0.15, 0.2) is 18.2 Å². The Balaban J connectivity index is 1.52. The predicted molar refractivity (Wildman–Crippen MR) is 98.5 cm³/mol. The number of ether oxygens (including phenoxy) is 1. The molecule has 138 valence electrons. The molecule has 1 aromatic carbocycles. The third-order valence-corrected chi connectivity index (χ3v) is 5.61. The highest BCUT2D eigenvalue weighted by atomic mass is 35.5. The first-order valence-electron chi connectivity index (χ1n) is 8.64. The van der Waals surface area contributed by atoms with Crippen molar-refractivity contribution < 1.29 is 13.9 Å². The van der Waals surface area contributed by atoms with Gasteiger partial charge in [-0.05, 0) is 48.8 Å². The maximum absolute atomic E-state index is 14.2. The van der Waals surface area contributed by atoms with Crippen molar-refractivity contribution in [1.82, 2.24) is 14.9 Å². The summed E-state index contributed by atoms with van der Waals surface area (Å²) in [4.78, 5) is 15.5. The SMILES string of the molecule is O=C(Cc1[nH]c(=S)n2c1CC(c1cc(Cl)ccc1F)C2)NC1CCOC1. The number of H-pyrrole nitrogens is 1. The summed E-state index contributed by atoms with van der Waals surface area (Å²) < 4.78 is 22.0. The molecule has 8 heteroatoms. The van der Waals surface area contributed by atoms with E-state index in [-0.39, 0.29) is 30.1 Å². The van der Waals surface area contributed by atoms with Crippen molar-refractivity contribution in [3.05, 3.63) is 50.8 Å². The highest BCUT2D eigenvalue weighted by Crippen LogP contribution is 2.34. The molecule has 0 aliphatic carbocycles. The molecule has 0 saturated carbocycles. The Bertz CT molecular complexity index is 904. The van der Waals surface area contributed by atoms with E-state index in [0.29, 0.717) is 41.5 Å². The normalized spacial score (nSPS) is 21.8. The molecule has 4 rings (SSSR count). The van der Waals surface area contributed by atoms with Crippen molar-refractivity contribution in [2.24, 2.45) is 0 Å². The fourth-order valence-electron chi connectivity index (χ4n) is 3.77. The zero-order valence-corrected chi connectivity index (χ0v) is 15.6. The molecule has 2 aliphatic rings. The summed E-state index contributed by atoms with van der Waals surface area (Å²) in [5, 5.41) is 3.50. The average molecular weight is 396 g/mol. The Morgan fingerprint density at radius 2 is 2.35 bits per heavy atom. The fraction of sp³-hybridized carbons (Fsp3) is 0.444. The van der Waals surface area contributed by atoms with E-state index in [0.717, 1.165) is 17.8 Å². The van der Waals surface area contributed by atoms with E-state index in [9.17, 15) is 9.18 Å².